The molecule has 0 aromatic heterocycles. The second-order valence-electron chi connectivity index (χ2n) is 5.31. The second kappa shape index (κ2) is 8.80. The molecular weight excluding hydrogens is 300 g/mol. The van der Waals surface area contributed by atoms with Crippen LogP contribution < -0.4 is 5.32 Å². The molecule has 120 valence electrons. The third kappa shape index (κ3) is 5.35. The Morgan fingerprint density at radius 1 is 1.41 bits per heavy atom. The van der Waals surface area contributed by atoms with Crippen LogP contribution in [-0.4, -0.2) is 55.8 Å². The van der Waals surface area contributed by atoms with Gasteiger partial charge in [0.2, 0.25) is 11.8 Å². The second-order valence-corrected chi connectivity index (χ2v) is 6.36. The van der Waals surface area contributed by atoms with Gasteiger partial charge in [0.1, 0.15) is 0 Å². The summed E-state index contributed by atoms with van der Waals surface area (Å²) < 4.78 is 4.99. The molecule has 0 saturated carbocycles. The highest BCUT2D eigenvalue weighted by Gasteiger charge is 2.29. The van der Waals surface area contributed by atoms with Crippen molar-refractivity contribution >= 4 is 23.6 Å². The van der Waals surface area contributed by atoms with Gasteiger partial charge in [0.25, 0.3) is 0 Å². The number of likely N-dealkylation sites (tertiary alicyclic amines) is 1. The van der Waals surface area contributed by atoms with E-state index < -0.39 is 0 Å². The predicted molar refractivity (Wildman–Crippen MR) is 86.7 cm³/mol. The third-order valence-corrected chi connectivity index (χ3v) is 4.57. The zero-order valence-corrected chi connectivity index (χ0v) is 13.6. The van der Waals surface area contributed by atoms with E-state index in [2.05, 4.69) is 5.32 Å². The lowest BCUT2D eigenvalue weighted by Crippen LogP contribution is -2.33. The van der Waals surface area contributed by atoms with E-state index in [1.54, 1.807) is 12.0 Å². The van der Waals surface area contributed by atoms with Crippen LogP contribution in [0.15, 0.2) is 35.2 Å². The minimum atomic E-state index is 0.0108. The maximum atomic E-state index is 11.9. The van der Waals surface area contributed by atoms with Gasteiger partial charge < -0.3 is 15.0 Å². The molecule has 1 atom stereocenters. The molecule has 1 aromatic rings. The lowest BCUT2D eigenvalue weighted by Gasteiger charge is -2.16. The molecule has 5 nitrogen and oxygen atoms in total. The Hall–Kier alpha value is -1.53. The van der Waals surface area contributed by atoms with Gasteiger partial charge in [-0.25, -0.2) is 0 Å². The van der Waals surface area contributed by atoms with Gasteiger partial charge in [0, 0.05) is 44.0 Å². The summed E-state index contributed by atoms with van der Waals surface area (Å²) in [4.78, 5) is 26.5. The Morgan fingerprint density at radius 3 is 2.91 bits per heavy atom. The molecule has 0 aliphatic carbocycles. The Kier molecular flexibility index (Phi) is 6.74. The predicted octanol–water partition coefficient (Wildman–Crippen LogP) is 1.39. The summed E-state index contributed by atoms with van der Waals surface area (Å²) in [5, 5.41) is 2.92. The molecule has 2 amide bonds. The van der Waals surface area contributed by atoms with Crippen molar-refractivity contribution < 1.29 is 14.3 Å². The Morgan fingerprint density at radius 2 is 2.18 bits per heavy atom. The molecule has 2 rings (SSSR count). The minimum Gasteiger partial charge on any atom is -0.383 e. The van der Waals surface area contributed by atoms with Gasteiger partial charge in [-0.15, -0.1) is 11.8 Å². The summed E-state index contributed by atoms with van der Waals surface area (Å²) in [5.74, 6) is 0.763. The maximum absolute atomic E-state index is 11.9. The maximum Gasteiger partial charge on any atom is 0.230 e. The molecule has 0 bridgehead atoms. The summed E-state index contributed by atoms with van der Waals surface area (Å²) in [6.07, 6.45) is 0.510. The van der Waals surface area contributed by atoms with Gasteiger partial charge in [0.05, 0.1) is 12.4 Å². The van der Waals surface area contributed by atoms with Crippen molar-refractivity contribution in [1.82, 2.24) is 10.2 Å². The number of benzene rings is 1. The number of hydrogen-bond acceptors (Lipinski definition) is 4. The molecule has 22 heavy (non-hydrogen) atoms. The highest BCUT2D eigenvalue weighted by atomic mass is 32.2. The Bertz CT molecular complexity index is 495. The highest BCUT2D eigenvalue weighted by molar-refractivity contribution is 8.00. The van der Waals surface area contributed by atoms with Crippen molar-refractivity contribution in [1.29, 1.82) is 0 Å². The van der Waals surface area contributed by atoms with Gasteiger partial charge in [0.15, 0.2) is 0 Å². The monoisotopic (exact) mass is 322 g/mol. The molecule has 0 radical (unpaired) electrons. The summed E-state index contributed by atoms with van der Waals surface area (Å²) in [6.45, 7) is 2.44. The zero-order valence-electron chi connectivity index (χ0n) is 12.8. The number of hydrogen-bond donors (Lipinski definition) is 1. The molecular formula is C16H22N2O3S. The Balaban J connectivity index is 1.65. The van der Waals surface area contributed by atoms with Crippen molar-refractivity contribution in [3.8, 4) is 0 Å². The quantitative estimate of drug-likeness (QED) is 0.735. The van der Waals surface area contributed by atoms with Gasteiger partial charge >= 0.3 is 0 Å². The van der Waals surface area contributed by atoms with Crippen molar-refractivity contribution in [2.45, 2.75) is 11.3 Å². The summed E-state index contributed by atoms with van der Waals surface area (Å²) in [6, 6.07) is 9.84. The summed E-state index contributed by atoms with van der Waals surface area (Å²) in [7, 11) is 1.63. The molecule has 1 heterocycles. The number of nitrogens with one attached hydrogen (secondary N) is 1. The lowest BCUT2D eigenvalue weighted by atomic mass is 10.1. The average molecular weight is 322 g/mol. The molecule has 6 heteroatoms. The molecule has 1 fully saturated rings. The number of amides is 2. The van der Waals surface area contributed by atoms with Crippen LogP contribution >= 0.6 is 11.8 Å². The van der Waals surface area contributed by atoms with Crippen LogP contribution in [0, 0.1) is 5.92 Å². The lowest BCUT2D eigenvalue weighted by molar-refractivity contribution is -0.128. The van der Waals surface area contributed by atoms with Crippen LogP contribution in [0.4, 0.5) is 0 Å². The van der Waals surface area contributed by atoms with Gasteiger partial charge in [-0.05, 0) is 12.1 Å². The smallest absolute Gasteiger partial charge is 0.230 e. The average Bonchev–Trinajstić information content (AvgIpc) is 2.90. The van der Waals surface area contributed by atoms with E-state index in [1.807, 2.05) is 30.3 Å². The van der Waals surface area contributed by atoms with E-state index in [0.29, 0.717) is 38.4 Å². The van der Waals surface area contributed by atoms with Gasteiger partial charge in [-0.1, -0.05) is 18.2 Å². The highest BCUT2D eigenvalue weighted by Crippen LogP contribution is 2.18. The van der Waals surface area contributed by atoms with E-state index in [0.717, 1.165) is 4.90 Å². The minimum absolute atomic E-state index is 0.0108. The number of rotatable bonds is 8. The van der Waals surface area contributed by atoms with Crippen LogP contribution in [-0.2, 0) is 14.3 Å². The molecule has 1 aromatic carbocycles. The largest absolute Gasteiger partial charge is 0.383 e. The number of methoxy groups -OCH3 is 1. The zero-order chi connectivity index (χ0) is 15.8. The number of ether oxygens (including phenoxy) is 1. The van der Waals surface area contributed by atoms with E-state index in [-0.39, 0.29) is 17.7 Å². The fourth-order valence-electron chi connectivity index (χ4n) is 2.38. The summed E-state index contributed by atoms with van der Waals surface area (Å²) in [5.41, 5.74) is 0. The Labute approximate surface area is 135 Å². The number of thioether (sulfide) groups is 1. The van der Waals surface area contributed by atoms with Gasteiger partial charge in [-0.3, -0.25) is 9.59 Å². The fraction of sp³-hybridized carbons (Fsp3) is 0.500. The van der Waals surface area contributed by atoms with Crippen LogP contribution in [0.3, 0.4) is 0 Å². The first-order chi connectivity index (χ1) is 10.7. The number of carbonyl (C=O) groups is 2. The summed E-state index contributed by atoms with van der Waals surface area (Å²) >= 11 is 1.52. The van der Waals surface area contributed by atoms with E-state index in [4.69, 9.17) is 4.74 Å². The third-order valence-electron chi connectivity index (χ3n) is 3.56. The van der Waals surface area contributed by atoms with E-state index in [9.17, 15) is 9.59 Å². The first-order valence-electron chi connectivity index (χ1n) is 7.40. The molecule has 1 N–H and O–H groups in total. The van der Waals surface area contributed by atoms with Crippen molar-refractivity contribution in [2.24, 2.45) is 5.92 Å². The first-order valence-corrected chi connectivity index (χ1v) is 8.39. The topological polar surface area (TPSA) is 58.6 Å². The first kappa shape index (κ1) is 16.8. The molecule has 0 spiro atoms. The van der Waals surface area contributed by atoms with E-state index in [1.165, 1.54) is 11.8 Å². The van der Waals surface area contributed by atoms with Crippen LogP contribution in [0.1, 0.15) is 6.42 Å². The SMILES string of the molecule is COCCN1C[C@H](CNC(=O)CSc2ccccc2)CC1=O. The van der Waals surface area contributed by atoms with Gasteiger partial charge in [-0.2, -0.15) is 0 Å². The standard InChI is InChI=1S/C16H22N2O3S/c1-21-8-7-18-11-13(9-16(18)20)10-17-15(19)12-22-14-5-3-2-4-6-14/h2-6,13H,7-12H2,1H3,(H,17,19)/t13-/m0/s1. The van der Waals surface area contributed by atoms with Crippen molar-refractivity contribution in [3.05, 3.63) is 30.3 Å². The fourth-order valence-corrected chi connectivity index (χ4v) is 3.13. The van der Waals surface area contributed by atoms with Crippen molar-refractivity contribution in [2.75, 3.05) is 39.1 Å². The van der Waals surface area contributed by atoms with Crippen LogP contribution in [0.2, 0.25) is 0 Å². The van der Waals surface area contributed by atoms with Crippen LogP contribution in [0.5, 0.6) is 0 Å². The number of carbonyl (C=O) groups excluding carboxylic acids is 2. The molecule has 1 saturated heterocycles. The number of nitrogens with zero attached hydrogens (tertiary/aromatic N) is 1. The molecule has 1 aliphatic heterocycles. The van der Waals surface area contributed by atoms with Crippen LogP contribution in [0.25, 0.3) is 0 Å². The normalized spacial score (nSPS) is 17.8. The van der Waals surface area contributed by atoms with E-state index >= 15 is 0 Å². The molecule has 0 unspecified atom stereocenters. The van der Waals surface area contributed by atoms with Crippen molar-refractivity contribution in [3.63, 3.8) is 0 Å². The molecule has 1 aliphatic rings.